The van der Waals surface area contributed by atoms with E-state index in [1.807, 2.05) is 0 Å². The van der Waals surface area contributed by atoms with Crippen molar-refractivity contribution < 1.29 is 20.8 Å². The Balaban J connectivity index is 0.000000373. The first-order chi connectivity index (χ1) is 20.8. The van der Waals surface area contributed by atoms with E-state index < -0.39 is 37.0 Å². The first kappa shape index (κ1) is 41.3. The number of halogens is 2. The van der Waals surface area contributed by atoms with Gasteiger partial charge in [-0.25, -0.2) is 0 Å². The second kappa shape index (κ2) is 21.9. The van der Waals surface area contributed by atoms with Crippen LogP contribution in [0.1, 0.15) is 61.8 Å². The monoisotopic (exact) mass is 756 g/mol. The Morgan fingerprint density at radius 2 is 1.02 bits per heavy atom. The minimum absolute atomic E-state index is 0.826. The van der Waals surface area contributed by atoms with E-state index in [0.717, 1.165) is 9.52 Å². The van der Waals surface area contributed by atoms with Crippen LogP contribution in [0.4, 0.5) is 0 Å². The maximum absolute atomic E-state index is 4.93. The van der Waals surface area contributed by atoms with Crippen LogP contribution >= 0.6 is 17.0 Å². The summed E-state index contributed by atoms with van der Waals surface area (Å²) in [4.78, 5) is 0. The van der Waals surface area contributed by atoms with Gasteiger partial charge in [-0.3, -0.25) is 0 Å². The van der Waals surface area contributed by atoms with Crippen LogP contribution < -0.4 is 0 Å². The molecule has 0 aromatic heterocycles. The number of rotatable bonds is 10. The van der Waals surface area contributed by atoms with Crippen molar-refractivity contribution in [2.24, 2.45) is 0 Å². The van der Waals surface area contributed by atoms with Crippen LogP contribution in [0, 0.1) is 0 Å². The van der Waals surface area contributed by atoms with Crippen molar-refractivity contribution in [3.8, 4) is 0 Å². The van der Waals surface area contributed by atoms with E-state index in [0.29, 0.717) is 0 Å². The molecule has 0 aliphatic heterocycles. The first-order valence-corrected chi connectivity index (χ1v) is 31.6. The Morgan fingerprint density at radius 1 is 0.682 bits per heavy atom. The van der Waals surface area contributed by atoms with Gasteiger partial charge in [0.2, 0.25) is 0 Å². The van der Waals surface area contributed by atoms with E-state index in [9.17, 15) is 0 Å². The fourth-order valence-corrected chi connectivity index (χ4v) is 6.02. The van der Waals surface area contributed by atoms with Crippen molar-refractivity contribution >= 4 is 76.4 Å². The summed E-state index contributed by atoms with van der Waals surface area (Å²) >= 11 is -0.826. The van der Waals surface area contributed by atoms with Crippen LogP contribution in [0.25, 0.3) is 33.7 Å². The Labute approximate surface area is 294 Å². The third kappa shape index (κ3) is 16.7. The van der Waals surface area contributed by atoms with Gasteiger partial charge in [0.15, 0.2) is 0 Å². The molecule has 4 aromatic rings. The zero-order valence-electron chi connectivity index (χ0n) is 29.1. The molecular weight excluding hydrogens is 703 g/mol. The van der Waals surface area contributed by atoms with E-state index >= 15 is 0 Å². The van der Waals surface area contributed by atoms with Crippen molar-refractivity contribution in [2.45, 2.75) is 105 Å². The number of hydrogen-bond donors (Lipinski definition) is 0. The summed E-state index contributed by atoms with van der Waals surface area (Å²) in [6.45, 7) is 23.1. The molecule has 4 aromatic carbocycles. The van der Waals surface area contributed by atoms with Crippen LogP contribution in [0.15, 0.2) is 72.1 Å². The van der Waals surface area contributed by atoms with Gasteiger partial charge in [-0.2, -0.15) is 12.1 Å². The summed E-state index contributed by atoms with van der Waals surface area (Å²) in [5, 5.41) is 5.62. The predicted octanol–water partition coefficient (Wildman–Crippen LogP) is 13.7. The standard InChI is InChI=1S/2C18H25Si.C2H6Si.2ClH.Zr/c2*1-5-6-8-15-13-17-10-7-9-16(18(17)14-15)11-12-19(2,3)4;1-3-2;;;/h2*7,9-14H,5-6,8H2,1-4H3;1-2H3;2*1H;/q2*-1;;;;+4/p-2. The summed E-state index contributed by atoms with van der Waals surface area (Å²) in [6.07, 6.45) is 12.2. The van der Waals surface area contributed by atoms with Crippen molar-refractivity contribution in [1.29, 1.82) is 0 Å². The number of unbranched alkanes of at least 4 members (excludes halogenated alkanes) is 2. The van der Waals surface area contributed by atoms with Gasteiger partial charge in [0.05, 0.1) is 16.1 Å². The Hall–Kier alpha value is -0.746. The van der Waals surface area contributed by atoms with Gasteiger partial charge in [0, 0.05) is 9.52 Å². The Kier molecular flexibility index (Phi) is 20.6. The van der Waals surface area contributed by atoms with Gasteiger partial charge in [0.25, 0.3) is 0 Å². The average molecular weight is 759 g/mol. The van der Waals surface area contributed by atoms with Gasteiger partial charge in [-0.05, 0) is 12.8 Å². The van der Waals surface area contributed by atoms with E-state index in [1.54, 1.807) is 0 Å². The molecule has 0 nitrogen and oxygen atoms in total. The molecule has 0 unspecified atom stereocenters. The summed E-state index contributed by atoms with van der Waals surface area (Å²) in [7, 11) is 8.71. The molecule has 44 heavy (non-hydrogen) atoms. The maximum atomic E-state index is 4.93. The van der Waals surface area contributed by atoms with Crippen LogP contribution in [0.5, 0.6) is 0 Å². The first-order valence-electron chi connectivity index (χ1n) is 16.1. The molecule has 0 N–H and O–H groups in total. The minimum atomic E-state index is -1.12. The molecule has 238 valence electrons. The molecule has 0 atom stereocenters. The fourth-order valence-electron chi connectivity index (χ4n) is 4.66. The molecule has 0 bridgehead atoms. The molecule has 0 heterocycles. The zero-order chi connectivity index (χ0) is 33.2. The molecule has 0 amide bonds. The number of fused-ring (bicyclic) bond motifs is 2. The molecular formula is C38H56Cl2Si3Zr. The van der Waals surface area contributed by atoms with Crippen LogP contribution in [0.2, 0.25) is 52.4 Å². The Morgan fingerprint density at radius 3 is 1.32 bits per heavy atom. The van der Waals surface area contributed by atoms with E-state index in [2.05, 4.69) is 150 Å². The predicted molar refractivity (Wildman–Crippen MR) is 210 cm³/mol. The van der Waals surface area contributed by atoms with Crippen LogP contribution in [-0.2, 0) is 33.7 Å². The summed E-state index contributed by atoms with van der Waals surface area (Å²) < 4.78 is 0. The molecule has 0 aliphatic carbocycles. The second-order valence-electron chi connectivity index (χ2n) is 13.6. The molecule has 0 aliphatic rings. The third-order valence-electron chi connectivity index (χ3n) is 6.85. The molecule has 0 saturated heterocycles. The van der Waals surface area contributed by atoms with Gasteiger partial charge in [-0.1, -0.05) is 139 Å². The average Bonchev–Trinajstić information content (AvgIpc) is 3.57. The van der Waals surface area contributed by atoms with Crippen molar-refractivity contribution in [3.05, 3.63) is 94.3 Å². The molecule has 0 spiro atoms. The van der Waals surface area contributed by atoms with E-state index in [4.69, 9.17) is 17.0 Å². The normalized spacial score (nSPS) is 11.5. The quantitative estimate of drug-likeness (QED) is 0.112. The van der Waals surface area contributed by atoms with Crippen molar-refractivity contribution in [3.63, 3.8) is 0 Å². The molecule has 0 saturated carbocycles. The second-order valence-corrected chi connectivity index (χ2v) is 28.5. The summed E-state index contributed by atoms with van der Waals surface area (Å²) in [6, 6.07) is 22.8. The molecule has 2 radical (unpaired) electrons. The zero-order valence-corrected chi connectivity index (χ0v) is 36.1. The molecule has 0 fully saturated rings. The number of aryl methyl sites for hydroxylation is 2. The van der Waals surface area contributed by atoms with Crippen LogP contribution in [0.3, 0.4) is 0 Å². The third-order valence-corrected chi connectivity index (χ3v) is 9.19. The van der Waals surface area contributed by atoms with Gasteiger partial charge in [-0.15, -0.1) is 69.1 Å². The topological polar surface area (TPSA) is 0 Å². The van der Waals surface area contributed by atoms with Crippen molar-refractivity contribution in [2.75, 3.05) is 0 Å². The van der Waals surface area contributed by atoms with Crippen molar-refractivity contribution in [1.82, 2.24) is 0 Å². The van der Waals surface area contributed by atoms with Gasteiger partial charge in [0.1, 0.15) is 0 Å². The summed E-state index contributed by atoms with van der Waals surface area (Å²) in [5.41, 5.74) is 10.6. The van der Waals surface area contributed by atoms with Crippen LogP contribution in [-0.4, -0.2) is 25.7 Å². The van der Waals surface area contributed by atoms with Gasteiger partial charge >= 0.3 is 37.9 Å². The number of benzene rings is 2. The fraction of sp³-hybridized carbons (Fsp3) is 0.421. The SMILES string of the molecule is CCCCc1cc2c(C=C[Si](C)(C)C)cccc2[cH-]1.CCCCc1cc2c(C=C[Si](C)(C)C)cccc2[cH-]1.C[Si]C.[Cl][Zr+2][Cl]. The Bertz CT molecular complexity index is 1290. The number of hydrogen-bond acceptors (Lipinski definition) is 0. The molecule has 4 rings (SSSR count). The van der Waals surface area contributed by atoms with Gasteiger partial charge < -0.3 is 0 Å². The van der Waals surface area contributed by atoms with E-state index in [-0.39, 0.29) is 0 Å². The summed E-state index contributed by atoms with van der Waals surface area (Å²) in [5.74, 6) is 0. The molecule has 6 heteroatoms. The van der Waals surface area contributed by atoms with E-state index in [1.165, 1.54) is 82.3 Å².